The number of anilines is 5. The van der Waals surface area contributed by atoms with Crippen molar-refractivity contribution in [1.82, 2.24) is 0 Å². The van der Waals surface area contributed by atoms with E-state index in [1.807, 2.05) is 6.08 Å². The van der Waals surface area contributed by atoms with E-state index in [4.69, 9.17) is 0 Å². The predicted molar refractivity (Wildman–Crippen MR) is 240 cm³/mol. The summed E-state index contributed by atoms with van der Waals surface area (Å²) in [6.07, 6.45) is 8.23. The Morgan fingerprint density at radius 3 is 1.55 bits per heavy atom. The normalized spacial score (nSPS) is 13.4. The first kappa shape index (κ1) is 33.4. The minimum atomic E-state index is 0.875. The average Bonchev–Trinajstić information content (AvgIpc) is 3.66. The van der Waals surface area contributed by atoms with Crippen LogP contribution in [0.15, 0.2) is 224 Å². The van der Waals surface area contributed by atoms with Gasteiger partial charge in [-0.2, -0.15) is 0 Å². The van der Waals surface area contributed by atoms with Gasteiger partial charge in [0.1, 0.15) is 0 Å². The van der Waals surface area contributed by atoms with Crippen molar-refractivity contribution in [3.8, 4) is 0 Å². The molecular weight excluding hydrogens is 677 g/mol. The number of hydrogen-bond acceptors (Lipinski definition) is 2. The molecule has 0 spiro atoms. The van der Waals surface area contributed by atoms with Gasteiger partial charge in [0.05, 0.1) is 11.4 Å². The number of fused-ring (bicyclic) bond motifs is 7. The first-order valence-electron chi connectivity index (χ1n) is 19.4. The monoisotopic (exact) mass is 716 g/mol. The van der Waals surface area contributed by atoms with Gasteiger partial charge < -0.3 is 9.80 Å². The van der Waals surface area contributed by atoms with E-state index in [0.29, 0.717) is 0 Å². The van der Waals surface area contributed by atoms with Crippen LogP contribution in [0.3, 0.4) is 0 Å². The van der Waals surface area contributed by atoms with Gasteiger partial charge in [0.2, 0.25) is 0 Å². The number of nitrogens with zero attached hydrogens (tertiary/aromatic N) is 2. The van der Waals surface area contributed by atoms with E-state index < -0.39 is 0 Å². The third-order valence-electron chi connectivity index (χ3n) is 11.2. The van der Waals surface area contributed by atoms with Crippen LogP contribution in [0.1, 0.15) is 11.1 Å². The molecule has 266 valence electrons. The quantitative estimate of drug-likeness (QED) is 0.114. The van der Waals surface area contributed by atoms with Crippen LogP contribution in [0.4, 0.5) is 28.4 Å². The molecule has 1 aliphatic rings. The molecule has 0 N–H and O–H groups in total. The minimum absolute atomic E-state index is 0.875. The highest BCUT2D eigenvalue weighted by Crippen LogP contribution is 2.44. The second-order valence-electron chi connectivity index (χ2n) is 14.6. The molecule has 9 aromatic rings. The van der Waals surface area contributed by atoms with E-state index in [1.165, 1.54) is 65.5 Å². The van der Waals surface area contributed by atoms with Gasteiger partial charge in [0.15, 0.2) is 0 Å². The molecule has 0 saturated heterocycles. The number of para-hydroxylation sites is 2. The van der Waals surface area contributed by atoms with Crippen molar-refractivity contribution in [2.24, 2.45) is 0 Å². The van der Waals surface area contributed by atoms with Crippen molar-refractivity contribution < 1.29 is 0 Å². The molecular formula is C54H40N2. The molecule has 2 heteroatoms. The van der Waals surface area contributed by atoms with Crippen molar-refractivity contribution in [2.45, 2.75) is 12.8 Å². The van der Waals surface area contributed by atoms with E-state index in [0.717, 1.165) is 41.3 Å². The van der Waals surface area contributed by atoms with Crippen LogP contribution in [0.2, 0.25) is 0 Å². The second-order valence-corrected chi connectivity index (χ2v) is 14.6. The third kappa shape index (κ3) is 5.93. The van der Waals surface area contributed by atoms with Gasteiger partial charge in [0, 0.05) is 33.5 Å². The Bertz CT molecular complexity index is 2990. The van der Waals surface area contributed by atoms with E-state index in [9.17, 15) is 0 Å². The average molecular weight is 717 g/mol. The summed E-state index contributed by atoms with van der Waals surface area (Å²) in [5.41, 5.74) is 10.9. The summed E-state index contributed by atoms with van der Waals surface area (Å²) in [4.78, 5) is 4.83. The first-order chi connectivity index (χ1) is 27.7. The lowest BCUT2D eigenvalue weighted by Crippen LogP contribution is -2.16. The zero-order chi connectivity index (χ0) is 37.4. The zero-order valence-electron chi connectivity index (χ0n) is 31.1. The maximum absolute atomic E-state index is 4.19. The van der Waals surface area contributed by atoms with Gasteiger partial charge in [-0.1, -0.05) is 158 Å². The zero-order valence-corrected chi connectivity index (χ0v) is 31.1. The standard InChI is InChI=1S/C54H40N2/c1-2-17-45(55(43-20-5-3-6-21-43)53-36-40-18-9-11-24-47(40)49-26-13-15-28-51(49)53)34-38-32-39-30-31-46(35-42(39)33-38)56(44-22-7-4-8-23-44)54-37-41-19-10-12-25-48(41)50-27-14-16-29-52(50)54/h2-31,34-37H,1,32-33H2/b38-34+,45-17-. The maximum Gasteiger partial charge on any atom is 0.0546 e. The molecule has 10 rings (SSSR count). The molecule has 0 atom stereocenters. The summed E-state index contributed by atoms with van der Waals surface area (Å²) in [6, 6.07) is 68.2. The fourth-order valence-electron chi connectivity index (χ4n) is 8.71. The Morgan fingerprint density at radius 2 is 0.929 bits per heavy atom. The van der Waals surface area contributed by atoms with Crippen molar-refractivity contribution in [2.75, 3.05) is 9.80 Å². The number of benzene rings is 9. The van der Waals surface area contributed by atoms with Gasteiger partial charge in [-0.15, -0.1) is 0 Å². The maximum atomic E-state index is 4.19. The van der Waals surface area contributed by atoms with Crippen LogP contribution in [0.5, 0.6) is 0 Å². The topological polar surface area (TPSA) is 6.48 Å². The van der Waals surface area contributed by atoms with Crippen LogP contribution in [-0.4, -0.2) is 0 Å². The molecule has 1 aliphatic carbocycles. The fraction of sp³-hybridized carbons (Fsp3) is 0.0370. The van der Waals surface area contributed by atoms with Crippen LogP contribution < -0.4 is 9.80 Å². The van der Waals surface area contributed by atoms with Gasteiger partial charge in [0.25, 0.3) is 0 Å². The van der Waals surface area contributed by atoms with Gasteiger partial charge in [-0.05, 0) is 117 Å². The number of allylic oxidation sites excluding steroid dienone is 4. The van der Waals surface area contributed by atoms with Crippen molar-refractivity contribution >= 4 is 71.5 Å². The van der Waals surface area contributed by atoms with E-state index >= 15 is 0 Å². The summed E-state index contributed by atoms with van der Waals surface area (Å²) < 4.78 is 0. The van der Waals surface area contributed by atoms with Crippen LogP contribution in [0, 0.1) is 0 Å². The van der Waals surface area contributed by atoms with E-state index in [1.54, 1.807) is 0 Å². The van der Waals surface area contributed by atoms with Crippen molar-refractivity contribution in [3.05, 3.63) is 235 Å². The summed E-state index contributed by atoms with van der Waals surface area (Å²) in [5, 5.41) is 9.94. The number of hydrogen-bond donors (Lipinski definition) is 0. The summed E-state index contributed by atoms with van der Waals surface area (Å²) in [6.45, 7) is 4.19. The van der Waals surface area contributed by atoms with E-state index in [-0.39, 0.29) is 0 Å². The molecule has 0 bridgehead atoms. The summed E-state index contributed by atoms with van der Waals surface area (Å²) in [5.74, 6) is 0. The van der Waals surface area contributed by atoms with Crippen molar-refractivity contribution in [1.29, 1.82) is 0 Å². The van der Waals surface area contributed by atoms with Crippen LogP contribution >= 0.6 is 0 Å². The molecule has 0 unspecified atom stereocenters. The Balaban J connectivity index is 1.08. The Hall–Kier alpha value is -7.16. The lowest BCUT2D eigenvalue weighted by atomic mass is 9.98. The largest absolute Gasteiger partial charge is 0.310 e. The van der Waals surface area contributed by atoms with Crippen molar-refractivity contribution in [3.63, 3.8) is 0 Å². The molecule has 0 amide bonds. The Kier molecular flexibility index (Phi) is 8.50. The third-order valence-corrected chi connectivity index (χ3v) is 11.2. The van der Waals surface area contributed by atoms with Crippen LogP contribution in [-0.2, 0) is 12.8 Å². The predicted octanol–water partition coefficient (Wildman–Crippen LogP) is 14.7. The number of rotatable bonds is 8. The second kappa shape index (κ2) is 14.2. The molecule has 0 heterocycles. The molecule has 0 saturated carbocycles. The van der Waals surface area contributed by atoms with E-state index in [2.05, 4.69) is 217 Å². The molecule has 9 aromatic carbocycles. The molecule has 2 nitrogen and oxygen atoms in total. The lowest BCUT2D eigenvalue weighted by molar-refractivity contribution is 1.13. The van der Waals surface area contributed by atoms with Crippen LogP contribution in [0.25, 0.3) is 43.1 Å². The Morgan fingerprint density at radius 1 is 0.429 bits per heavy atom. The SMILES string of the molecule is C=C/C=C(/C=C1\Cc2ccc(N(c3ccccc3)c3cc4ccccc4c4ccccc34)cc2C1)N(c1ccccc1)c1cc2ccccc2c2ccccc12. The van der Waals surface area contributed by atoms with Gasteiger partial charge >= 0.3 is 0 Å². The van der Waals surface area contributed by atoms with Gasteiger partial charge in [-0.25, -0.2) is 0 Å². The Labute approximate surface area is 328 Å². The summed E-state index contributed by atoms with van der Waals surface area (Å²) >= 11 is 0. The molecule has 0 aromatic heterocycles. The fourth-order valence-corrected chi connectivity index (χ4v) is 8.71. The molecule has 0 fully saturated rings. The van der Waals surface area contributed by atoms with Gasteiger partial charge in [-0.3, -0.25) is 0 Å². The lowest BCUT2D eigenvalue weighted by Gasteiger charge is -2.28. The molecule has 56 heavy (non-hydrogen) atoms. The highest BCUT2D eigenvalue weighted by atomic mass is 15.2. The molecule has 0 radical (unpaired) electrons. The first-order valence-corrected chi connectivity index (χ1v) is 19.4. The molecule has 0 aliphatic heterocycles. The highest BCUT2D eigenvalue weighted by molar-refractivity contribution is 6.15. The smallest absolute Gasteiger partial charge is 0.0546 e. The highest BCUT2D eigenvalue weighted by Gasteiger charge is 2.23. The summed E-state index contributed by atoms with van der Waals surface area (Å²) in [7, 11) is 0. The minimum Gasteiger partial charge on any atom is -0.310 e.